The van der Waals surface area contributed by atoms with Crippen LogP contribution in [0.15, 0.2) is 29.2 Å². The zero-order valence-corrected chi connectivity index (χ0v) is 10.6. The van der Waals surface area contributed by atoms with Gasteiger partial charge in [-0.25, -0.2) is 0 Å². The van der Waals surface area contributed by atoms with Crippen LogP contribution in [0.3, 0.4) is 0 Å². The lowest BCUT2D eigenvalue weighted by molar-refractivity contribution is 0.166. The average Bonchev–Trinajstić information content (AvgIpc) is 2.25. The maximum Gasteiger partial charge on any atom is 0.119 e. The van der Waals surface area contributed by atoms with Crippen LogP contribution in [0.2, 0.25) is 0 Å². The molecule has 16 heavy (non-hydrogen) atoms. The molecule has 0 heterocycles. The smallest absolute Gasteiger partial charge is 0.119 e. The van der Waals surface area contributed by atoms with Gasteiger partial charge in [0, 0.05) is 4.90 Å². The summed E-state index contributed by atoms with van der Waals surface area (Å²) in [6, 6.07) is 8.00. The van der Waals surface area contributed by atoms with E-state index in [0.717, 1.165) is 10.6 Å². The van der Waals surface area contributed by atoms with E-state index in [-0.39, 0.29) is 0 Å². The van der Waals surface area contributed by atoms with Crippen LogP contribution in [-0.4, -0.2) is 6.10 Å². The van der Waals surface area contributed by atoms with E-state index in [2.05, 4.69) is 12.6 Å². The fourth-order valence-electron chi connectivity index (χ4n) is 2.25. The Balaban J connectivity index is 1.89. The summed E-state index contributed by atoms with van der Waals surface area (Å²) >= 11 is 4.27. The molecule has 0 spiro atoms. The monoisotopic (exact) mass is 236 g/mol. The van der Waals surface area contributed by atoms with Crippen molar-refractivity contribution in [3.05, 3.63) is 24.3 Å². The van der Waals surface area contributed by atoms with Crippen molar-refractivity contribution in [3.63, 3.8) is 0 Å². The topological polar surface area (TPSA) is 9.23 Å². The molecule has 0 radical (unpaired) electrons. The Bertz CT molecular complexity index is 299. The number of hydrogen-bond acceptors (Lipinski definition) is 2. The van der Waals surface area contributed by atoms with Gasteiger partial charge >= 0.3 is 0 Å². The lowest BCUT2D eigenvalue weighted by Gasteiger charge is -2.21. The van der Waals surface area contributed by atoms with Gasteiger partial charge in [-0.1, -0.05) is 19.3 Å². The Morgan fingerprint density at radius 1 is 0.875 bits per heavy atom. The van der Waals surface area contributed by atoms with Crippen LogP contribution in [0, 0.1) is 0 Å². The molecule has 1 aromatic rings. The van der Waals surface area contributed by atoms with Gasteiger partial charge in [0.25, 0.3) is 0 Å². The van der Waals surface area contributed by atoms with Gasteiger partial charge in [0.2, 0.25) is 0 Å². The number of ether oxygens (including phenoxy) is 1. The summed E-state index contributed by atoms with van der Waals surface area (Å²) in [5.74, 6) is 0.989. The first-order chi connectivity index (χ1) is 7.84. The van der Waals surface area contributed by atoms with Crippen molar-refractivity contribution in [2.75, 3.05) is 0 Å². The molecule has 0 aromatic heterocycles. The first-order valence-corrected chi connectivity index (χ1v) is 6.75. The summed E-state index contributed by atoms with van der Waals surface area (Å²) in [6.45, 7) is 0. The summed E-state index contributed by atoms with van der Waals surface area (Å²) in [6.07, 6.45) is 9.62. The average molecular weight is 236 g/mol. The highest BCUT2D eigenvalue weighted by atomic mass is 32.1. The molecule has 1 aliphatic rings. The van der Waals surface area contributed by atoms with E-state index in [1.807, 2.05) is 24.3 Å². The van der Waals surface area contributed by atoms with Crippen LogP contribution >= 0.6 is 12.6 Å². The van der Waals surface area contributed by atoms with Gasteiger partial charge < -0.3 is 4.74 Å². The molecular formula is C14H20OS. The molecule has 2 rings (SSSR count). The van der Waals surface area contributed by atoms with Gasteiger partial charge in [0.05, 0.1) is 6.10 Å². The molecular weight excluding hydrogens is 216 g/mol. The maximum absolute atomic E-state index is 6.01. The zero-order chi connectivity index (χ0) is 11.2. The van der Waals surface area contributed by atoms with E-state index < -0.39 is 0 Å². The fraction of sp³-hybridized carbons (Fsp3) is 0.571. The minimum absolute atomic E-state index is 0.422. The summed E-state index contributed by atoms with van der Waals surface area (Å²) in [5, 5.41) is 0. The Morgan fingerprint density at radius 2 is 1.44 bits per heavy atom. The van der Waals surface area contributed by atoms with Gasteiger partial charge in [-0.2, -0.15) is 0 Å². The maximum atomic E-state index is 6.01. The number of rotatable bonds is 2. The first-order valence-electron chi connectivity index (χ1n) is 6.30. The Hall–Kier alpha value is -0.630. The van der Waals surface area contributed by atoms with Crippen molar-refractivity contribution in [2.24, 2.45) is 0 Å². The number of hydrogen-bond donors (Lipinski definition) is 1. The van der Waals surface area contributed by atoms with Gasteiger partial charge in [-0.3, -0.25) is 0 Å². The quantitative estimate of drug-likeness (QED) is 0.745. The molecule has 0 atom stereocenters. The molecule has 1 saturated carbocycles. The highest BCUT2D eigenvalue weighted by Crippen LogP contribution is 2.23. The first kappa shape index (κ1) is 11.8. The summed E-state index contributed by atoms with van der Waals surface area (Å²) in [5.41, 5.74) is 0. The van der Waals surface area contributed by atoms with Crippen LogP contribution in [0.5, 0.6) is 5.75 Å². The van der Waals surface area contributed by atoms with Crippen LogP contribution in [0.25, 0.3) is 0 Å². The van der Waals surface area contributed by atoms with Crippen LogP contribution < -0.4 is 4.74 Å². The van der Waals surface area contributed by atoms with Crippen LogP contribution in [-0.2, 0) is 0 Å². The van der Waals surface area contributed by atoms with E-state index in [1.165, 1.54) is 44.9 Å². The molecule has 0 bridgehead atoms. The highest BCUT2D eigenvalue weighted by molar-refractivity contribution is 7.80. The molecule has 1 nitrogen and oxygen atoms in total. The van der Waals surface area contributed by atoms with E-state index in [4.69, 9.17) is 4.74 Å². The summed E-state index contributed by atoms with van der Waals surface area (Å²) in [7, 11) is 0. The van der Waals surface area contributed by atoms with Crippen molar-refractivity contribution in [1.29, 1.82) is 0 Å². The zero-order valence-electron chi connectivity index (χ0n) is 9.69. The second kappa shape index (κ2) is 6.19. The van der Waals surface area contributed by atoms with Gasteiger partial charge in [0.15, 0.2) is 0 Å². The predicted octanol–water partition coefficient (Wildman–Crippen LogP) is 4.47. The minimum atomic E-state index is 0.422. The SMILES string of the molecule is Sc1ccc(OC2CCCCCCC2)cc1. The highest BCUT2D eigenvalue weighted by Gasteiger charge is 2.12. The number of benzene rings is 1. The molecule has 0 N–H and O–H groups in total. The van der Waals surface area contributed by atoms with Gasteiger partial charge in [-0.05, 0) is 49.9 Å². The molecule has 0 amide bonds. The molecule has 0 saturated heterocycles. The number of thiol groups is 1. The van der Waals surface area contributed by atoms with E-state index in [1.54, 1.807) is 0 Å². The minimum Gasteiger partial charge on any atom is -0.490 e. The lowest BCUT2D eigenvalue weighted by Crippen LogP contribution is -2.17. The van der Waals surface area contributed by atoms with Crippen molar-refractivity contribution in [1.82, 2.24) is 0 Å². The normalized spacial score (nSPS) is 18.8. The fourth-order valence-corrected chi connectivity index (χ4v) is 2.40. The summed E-state index contributed by atoms with van der Waals surface area (Å²) in [4.78, 5) is 0.991. The van der Waals surface area contributed by atoms with Gasteiger partial charge in [-0.15, -0.1) is 12.6 Å². The molecule has 1 aromatic carbocycles. The second-order valence-electron chi connectivity index (χ2n) is 4.58. The van der Waals surface area contributed by atoms with E-state index in [9.17, 15) is 0 Å². The van der Waals surface area contributed by atoms with Crippen LogP contribution in [0.4, 0.5) is 0 Å². The van der Waals surface area contributed by atoms with Crippen molar-refractivity contribution < 1.29 is 4.74 Å². The van der Waals surface area contributed by atoms with E-state index >= 15 is 0 Å². The Kier molecular flexibility index (Phi) is 4.58. The molecule has 0 unspecified atom stereocenters. The van der Waals surface area contributed by atoms with Crippen molar-refractivity contribution >= 4 is 12.6 Å². The third-order valence-corrected chi connectivity index (χ3v) is 3.49. The van der Waals surface area contributed by atoms with E-state index in [0.29, 0.717) is 6.10 Å². The second-order valence-corrected chi connectivity index (χ2v) is 5.10. The third-order valence-electron chi connectivity index (χ3n) is 3.19. The van der Waals surface area contributed by atoms with Crippen molar-refractivity contribution in [2.45, 2.75) is 55.9 Å². The Morgan fingerprint density at radius 3 is 2.06 bits per heavy atom. The molecule has 88 valence electrons. The predicted molar refractivity (Wildman–Crippen MR) is 70.4 cm³/mol. The largest absolute Gasteiger partial charge is 0.490 e. The molecule has 0 aliphatic heterocycles. The molecule has 1 fully saturated rings. The standard InChI is InChI=1S/C14H20OS/c16-14-10-8-13(9-11-14)15-12-6-4-2-1-3-5-7-12/h8-12,16H,1-7H2. The third kappa shape index (κ3) is 3.75. The van der Waals surface area contributed by atoms with Crippen LogP contribution in [0.1, 0.15) is 44.9 Å². The van der Waals surface area contributed by atoms with Gasteiger partial charge in [0.1, 0.15) is 5.75 Å². The lowest BCUT2D eigenvalue weighted by atomic mass is 9.98. The summed E-state index contributed by atoms with van der Waals surface area (Å²) < 4.78 is 6.01. The molecule has 2 heteroatoms. The Labute approximate surface area is 104 Å². The molecule has 1 aliphatic carbocycles. The van der Waals surface area contributed by atoms with Crippen molar-refractivity contribution in [3.8, 4) is 5.75 Å².